The van der Waals surface area contributed by atoms with E-state index in [1.165, 1.54) is 0 Å². The van der Waals surface area contributed by atoms with Gasteiger partial charge in [0.1, 0.15) is 5.82 Å². The molecule has 0 aliphatic heterocycles. The summed E-state index contributed by atoms with van der Waals surface area (Å²) in [5.41, 5.74) is 0.818. The maximum absolute atomic E-state index is 4.09. The minimum atomic E-state index is 0.653. The zero-order valence-electron chi connectivity index (χ0n) is 7.66. The molecule has 0 bridgehead atoms. The van der Waals surface area contributed by atoms with Gasteiger partial charge in [-0.1, -0.05) is 44.5 Å². The van der Waals surface area contributed by atoms with E-state index in [9.17, 15) is 0 Å². The van der Waals surface area contributed by atoms with Gasteiger partial charge >= 0.3 is 0 Å². The molecule has 0 atom stereocenters. The van der Waals surface area contributed by atoms with Gasteiger partial charge in [0.2, 0.25) is 0 Å². The number of hydrogen-bond donors (Lipinski definition) is 1. The third kappa shape index (κ3) is 3.91. The lowest BCUT2D eigenvalue weighted by atomic mass is 10.2. The van der Waals surface area contributed by atoms with E-state index in [4.69, 9.17) is 0 Å². The molecule has 13 heavy (non-hydrogen) atoms. The zero-order chi connectivity index (χ0) is 10.1. The average molecular weight is 174 g/mol. The van der Waals surface area contributed by atoms with E-state index in [1.54, 1.807) is 30.6 Å². The van der Waals surface area contributed by atoms with E-state index in [1.807, 2.05) is 0 Å². The van der Waals surface area contributed by atoms with Crippen LogP contribution in [0.1, 0.15) is 0 Å². The molecule has 0 heterocycles. The fraction of sp³-hybridized carbons (Fsp3) is 0. The fourth-order valence-electron chi connectivity index (χ4n) is 0.696. The summed E-state index contributed by atoms with van der Waals surface area (Å²) in [6.45, 7) is 14.4. The van der Waals surface area contributed by atoms with Gasteiger partial charge in [-0.25, -0.2) is 4.99 Å². The Labute approximate surface area is 79.4 Å². The van der Waals surface area contributed by atoms with Gasteiger partial charge < -0.3 is 5.32 Å². The van der Waals surface area contributed by atoms with Crippen molar-refractivity contribution in [1.82, 2.24) is 5.32 Å². The van der Waals surface area contributed by atoms with Crippen LogP contribution in [-0.2, 0) is 0 Å². The Balaban J connectivity index is 4.92. The Kier molecular flexibility index (Phi) is 5.89. The molecule has 0 aliphatic carbocycles. The Morgan fingerprint density at radius 2 is 1.69 bits per heavy atom. The summed E-state index contributed by atoms with van der Waals surface area (Å²) in [6, 6.07) is 0. The first-order valence-electron chi connectivity index (χ1n) is 3.81. The Morgan fingerprint density at radius 1 is 1.08 bits per heavy atom. The van der Waals surface area contributed by atoms with Gasteiger partial charge in [0.25, 0.3) is 0 Å². The monoisotopic (exact) mass is 174 g/mol. The molecule has 0 spiro atoms. The lowest BCUT2D eigenvalue weighted by Crippen LogP contribution is -2.04. The molecular weight excluding hydrogens is 160 g/mol. The maximum Gasteiger partial charge on any atom is 0.137 e. The summed E-state index contributed by atoms with van der Waals surface area (Å²) in [5, 5.41) is 2.87. The standard InChI is InChI=1S/C11H14N2/c1-5-9-13-11(12-8-4)10(6-2)7-3/h5-9,12H,1-4H2/b13-9-. The topological polar surface area (TPSA) is 24.4 Å². The van der Waals surface area contributed by atoms with E-state index < -0.39 is 0 Å². The van der Waals surface area contributed by atoms with Crippen LogP contribution < -0.4 is 5.32 Å². The lowest BCUT2D eigenvalue weighted by molar-refractivity contribution is 1.02. The summed E-state index contributed by atoms with van der Waals surface area (Å²) in [6.07, 6.45) is 8.05. The van der Waals surface area contributed by atoms with E-state index in [0.717, 1.165) is 5.57 Å². The predicted octanol–water partition coefficient (Wildman–Crippen LogP) is 2.56. The number of hydrogen-bond acceptors (Lipinski definition) is 2. The second-order valence-corrected chi connectivity index (χ2v) is 2.07. The van der Waals surface area contributed by atoms with Gasteiger partial charge in [0.05, 0.1) is 0 Å². The molecule has 0 aliphatic rings. The van der Waals surface area contributed by atoms with Gasteiger partial charge in [0.15, 0.2) is 0 Å². The van der Waals surface area contributed by atoms with Crippen LogP contribution in [0.25, 0.3) is 0 Å². The first-order chi connectivity index (χ1) is 6.29. The molecule has 0 radical (unpaired) electrons. The first-order valence-corrected chi connectivity index (χ1v) is 3.81. The molecule has 2 nitrogen and oxygen atoms in total. The molecule has 0 saturated heterocycles. The highest BCUT2D eigenvalue weighted by atomic mass is 15.0. The molecule has 0 aromatic rings. The van der Waals surface area contributed by atoms with Crippen LogP contribution in [0.5, 0.6) is 0 Å². The van der Waals surface area contributed by atoms with Crippen molar-refractivity contribution < 1.29 is 0 Å². The summed E-state index contributed by atoms with van der Waals surface area (Å²) in [7, 11) is 0. The van der Waals surface area contributed by atoms with Crippen LogP contribution in [-0.4, -0.2) is 6.21 Å². The summed E-state index contributed by atoms with van der Waals surface area (Å²) in [5.74, 6) is 0.653. The molecule has 2 heteroatoms. The van der Waals surface area contributed by atoms with Crippen molar-refractivity contribution in [2.45, 2.75) is 0 Å². The SMILES string of the molecule is C=C/C=N\C(NC=C)=C(C=C)C=C. The van der Waals surface area contributed by atoms with Crippen LogP contribution in [0, 0.1) is 0 Å². The number of aliphatic imine (C=N–C) groups is 1. The van der Waals surface area contributed by atoms with Crippen molar-refractivity contribution >= 4 is 6.21 Å². The van der Waals surface area contributed by atoms with E-state index >= 15 is 0 Å². The van der Waals surface area contributed by atoms with Crippen LogP contribution in [0.15, 0.2) is 67.1 Å². The van der Waals surface area contributed by atoms with Crippen LogP contribution in [0.3, 0.4) is 0 Å². The average Bonchev–Trinajstić information content (AvgIpc) is 2.16. The van der Waals surface area contributed by atoms with E-state index in [2.05, 4.69) is 36.6 Å². The van der Waals surface area contributed by atoms with Gasteiger partial charge in [-0.05, 0) is 6.20 Å². The molecule has 68 valence electrons. The molecule has 0 fully saturated rings. The van der Waals surface area contributed by atoms with Crippen molar-refractivity contribution in [3.05, 3.63) is 62.1 Å². The summed E-state index contributed by atoms with van der Waals surface area (Å²) < 4.78 is 0. The second kappa shape index (κ2) is 6.85. The van der Waals surface area contributed by atoms with Crippen LogP contribution >= 0.6 is 0 Å². The number of rotatable bonds is 6. The van der Waals surface area contributed by atoms with Crippen molar-refractivity contribution in [2.24, 2.45) is 4.99 Å². The normalized spacial score (nSPS) is 8.92. The number of nitrogens with one attached hydrogen (secondary N) is 1. The Hall–Kier alpha value is -1.83. The van der Waals surface area contributed by atoms with Crippen molar-refractivity contribution in [3.63, 3.8) is 0 Å². The predicted molar refractivity (Wildman–Crippen MR) is 59.4 cm³/mol. The molecule has 0 aromatic carbocycles. The van der Waals surface area contributed by atoms with Crippen molar-refractivity contribution in [1.29, 1.82) is 0 Å². The third-order valence-corrected chi connectivity index (χ3v) is 1.26. The van der Waals surface area contributed by atoms with Gasteiger partial charge in [-0.2, -0.15) is 0 Å². The molecule has 0 amide bonds. The van der Waals surface area contributed by atoms with Crippen LogP contribution in [0.2, 0.25) is 0 Å². The molecule has 0 aromatic heterocycles. The second-order valence-electron chi connectivity index (χ2n) is 2.07. The van der Waals surface area contributed by atoms with Crippen molar-refractivity contribution in [3.8, 4) is 0 Å². The van der Waals surface area contributed by atoms with Gasteiger partial charge in [-0.3, -0.25) is 0 Å². The number of nitrogens with zero attached hydrogens (tertiary/aromatic N) is 1. The molecule has 1 N–H and O–H groups in total. The zero-order valence-corrected chi connectivity index (χ0v) is 7.66. The smallest absolute Gasteiger partial charge is 0.137 e. The lowest BCUT2D eigenvalue weighted by Gasteiger charge is -2.03. The van der Waals surface area contributed by atoms with Crippen LogP contribution in [0.4, 0.5) is 0 Å². The largest absolute Gasteiger partial charge is 0.347 e. The quantitative estimate of drug-likeness (QED) is 0.485. The maximum atomic E-state index is 4.09. The van der Waals surface area contributed by atoms with E-state index in [0.29, 0.717) is 5.82 Å². The highest BCUT2D eigenvalue weighted by molar-refractivity contribution is 5.71. The molecule has 0 rings (SSSR count). The first kappa shape index (κ1) is 11.2. The highest BCUT2D eigenvalue weighted by Crippen LogP contribution is 2.04. The minimum absolute atomic E-state index is 0.653. The summed E-state index contributed by atoms with van der Waals surface area (Å²) >= 11 is 0. The van der Waals surface area contributed by atoms with Crippen molar-refractivity contribution in [2.75, 3.05) is 0 Å². The van der Waals surface area contributed by atoms with Gasteiger partial charge in [-0.15, -0.1) is 0 Å². The minimum Gasteiger partial charge on any atom is -0.347 e. The molecule has 0 unspecified atom stereocenters. The number of allylic oxidation sites excluding steroid dienone is 4. The third-order valence-electron chi connectivity index (χ3n) is 1.26. The van der Waals surface area contributed by atoms with E-state index in [-0.39, 0.29) is 0 Å². The summed E-state index contributed by atoms with van der Waals surface area (Å²) in [4.78, 5) is 4.09. The Morgan fingerprint density at radius 3 is 2.08 bits per heavy atom. The Bertz CT molecular complexity index is 260. The highest BCUT2D eigenvalue weighted by Gasteiger charge is 1.94. The van der Waals surface area contributed by atoms with Gasteiger partial charge in [0, 0.05) is 11.8 Å². The fourth-order valence-corrected chi connectivity index (χ4v) is 0.696. The molecule has 0 saturated carbocycles. The molecular formula is C11H14N2.